The van der Waals surface area contributed by atoms with Crippen LogP contribution in [-0.2, 0) is 6.54 Å². The topological polar surface area (TPSA) is 62.2 Å². The molecule has 0 aliphatic carbocycles. The van der Waals surface area contributed by atoms with Crippen molar-refractivity contribution in [2.24, 2.45) is 0 Å². The van der Waals surface area contributed by atoms with Gasteiger partial charge in [-0.1, -0.05) is 0 Å². The molecule has 3 rings (SSSR count). The van der Waals surface area contributed by atoms with Gasteiger partial charge in [0.15, 0.2) is 0 Å². The second-order valence-electron chi connectivity index (χ2n) is 3.96. The number of pyridine rings is 1. The summed E-state index contributed by atoms with van der Waals surface area (Å²) in [7, 11) is 0. The number of carbonyl (C=O) groups excluding carboxylic acids is 1. The Morgan fingerprint density at radius 1 is 1.33 bits per heavy atom. The Morgan fingerprint density at radius 2 is 2.28 bits per heavy atom. The van der Waals surface area contributed by atoms with Crippen molar-refractivity contribution in [3.63, 3.8) is 0 Å². The lowest BCUT2D eigenvalue weighted by Crippen LogP contribution is -2.23. The Morgan fingerprint density at radius 3 is 3.11 bits per heavy atom. The maximum Gasteiger partial charge on any atom is 0.255 e. The number of aromatic amines is 1. The molecule has 0 aromatic carbocycles. The highest BCUT2D eigenvalue weighted by Gasteiger charge is 2.10. The molecule has 0 bridgehead atoms. The van der Waals surface area contributed by atoms with E-state index in [0.29, 0.717) is 17.8 Å². The smallest absolute Gasteiger partial charge is 0.255 e. The predicted molar refractivity (Wildman–Crippen MR) is 67.2 cm³/mol. The molecule has 0 spiro atoms. The van der Waals surface area contributed by atoms with E-state index in [1.165, 1.54) is 0 Å². The molecule has 0 radical (unpaired) electrons. The molecule has 2 N–H and O–H groups in total. The number of fused-ring (bicyclic) bond motifs is 1. The highest BCUT2D eigenvalue weighted by molar-refractivity contribution is 5.99. The molecule has 18 heavy (non-hydrogen) atoms. The van der Waals surface area contributed by atoms with Gasteiger partial charge in [0, 0.05) is 30.5 Å². The van der Waals surface area contributed by atoms with Gasteiger partial charge in [0.25, 0.3) is 5.91 Å². The molecule has 3 aromatic heterocycles. The Hall–Kier alpha value is -2.56. The van der Waals surface area contributed by atoms with E-state index in [0.717, 1.165) is 5.69 Å². The van der Waals surface area contributed by atoms with E-state index in [1.807, 2.05) is 41.2 Å². The summed E-state index contributed by atoms with van der Waals surface area (Å²) in [6.45, 7) is 0.480. The van der Waals surface area contributed by atoms with Crippen LogP contribution in [0.15, 0.2) is 49.1 Å². The third-order valence-electron chi connectivity index (χ3n) is 2.77. The fraction of sp³-hybridized carbons (Fsp3) is 0.0769. The zero-order valence-corrected chi connectivity index (χ0v) is 9.63. The fourth-order valence-corrected chi connectivity index (χ4v) is 1.87. The Bertz CT molecular complexity index is 669. The Balaban J connectivity index is 1.81. The number of rotatable bonds is 3. The van der Waals surface area contributed by atoms with E-state index in [2.05, 4.69) is 15.3 Å². The first-order chi connectivity index (χ1) is 8.84. The van der Waals surface area contributed by atoms with Crippen LogP contribution in [-0.4, -0.2) is 20.3 Å². The van der Waals surface area contributed by atoms with Gasteiger partial charge in [0.05, 0.1) is 12.1 Å². The van der Waals surface area contributed by atoms with Crippen molar-refractivity contribution in [2.45, 2.75) is 6.54 Å². The summed E-state index contributed by atoms with van der Waals surface area (Å²) in [6, 6.07) is 7.43. The lowest BCUT2D eigenvalue weighted by Gasteiger charge is -2.05. The second kappa shape index (κ2) is 4.37. The molecule has 0 aliphatic rings. The first-order valence-corrected chi connectivity index (χ1v) is 5.67. The van der Waals surface area contributed by atoms with Gasteiger partial charge in [-0.05, 0) is 24.3 Å². The van der Waals surface area contributed by atoms with Crippen LogP contribution in [0.2, 0.25) is 0 Å². The largest absolute Gasteiger partial charge is 0.364 e. The Kier molecular flexibility index (Phi) is 2.57. The number of imidazole rings is 1. The quantitative estimate of drug-likeness (QED) is 0.730. The van der Waals surface area contributed by atoms with E-state index in [9.17, 15) is 4.79 Å². The van der Waals surface area contributed by atoms with Crippen molar-refractivity contribution in [2.75, 3.05) is 0 Å². The molecule has 0 aliphatic heterocycles. The summed E-state index contributed by atoms with van der Waals surface area (Å²) in [5.74, 6) is -0.124. The standard InChI is InChI=1S/C13H12N4O/c18-13(16-9-10-3-1-5-14-10)11-4-2-7-17-8-6-15-12(11)17/h1-8,14H,9H2,(H,16,18). The number of amides is 1. The van der Waals surface area contributed by atoms with Crippen molar-refractivity contribution in [3.05, 3.63) is 60.3 Å². The Labute approximate surface area is 103 Å². The van der Waals surface area contributed by atoms with Crippen LogP contribution in [0.25, 0.3) is 5.65 Å². The molecular formula is C13H12N4O. The van der Waals surface area contributed by atoms with E-state index in [4.69, 9.17) is 0 Å². The third kappa shape index (κ3) is 1.86. The first-order valence-electron chi connectivity index (χ1n) is 5.67. The molecule has 5 nitrogen and oxygen atoms in total. The molecule has 0 saturated heterocycles. The summed E-state index contributed by atoms with van der Waals surface area (Å²) in [5, 5.41) is 2.86. The van der Waals surface area contributed by atoms with Gasteiger partial charge in [-0.2, -0.15) is 0 Å². The van der Waals surface area contributed by atoms with Gasteiger partial charge < -0.3 is 14.7 Å². The van der Waals surface area contributed by atoms with Gasteiger partial charge in [-0.15, -0.1) is 0 Å². The second-order valence-corrected chi connectivity index (χ2v) is 3.96. The molecular weight excluding hydrogens is 228 g/mol. The summed E-state index contributed by atoms with van der Waals surface area (Å²) < 4.78 is 1.82. The number of nitrogens with one attached hydrogen (secondary N) is 2. The number of hydrogen-bond donors (Lipinski definition) is 2. The molecule has 0 atom stereocenters. The van der Waals surface area contributed by atoms with Crippen molar-refractivity contribution in [1.82, 2.24) is 19.7 Å². The van der Waals surface area contributed by atoms with Crippen molar-refractivity contribution < 1.29 is 4.79 Å². The van der Waals surface area contributed by atoms with E-state index >= 15 is 0 Å². The van der Waals surface area contributed by atoms with E-state index in [-0.39, 0.29) is 5.91 Å². The lowest BCUT2D eigenvalue weighted by atomic mass is 10.2. The lowest BCUT2D eigenvalue weighted by molar-refractivity contribution is 0.0951. The van der Waals surface area contributed by atoms with E-state index < -0.39 is 0 Å². The maximum absolute atomic E-state index is 12.1. The zero-order chi connectivity index (χ0) is 12.4. The first kappa shape index (κ1) is 10.6. The van der Waals surface area contributed by atoms with Gasteiger partial charge in [0.2, 0.25) is 0 Å². The van der Waals surface area contributed by atoms with Gasteiger partial charge in [0.1, 0.15) is 5.65 Å². The number of carbonyl (C=O) groups is 1. The van der Waals surface area contributed by atoms with Gasteiger partial charge in [-0.3, -0.25) is 4.79 Å². The monoisotopic (exact) mass is 240 g/mol. The molecule has 3 heterocycles. The summed E-state index contributed by atoms with van der Waals surface area (Å²) >= 11 is 0. The number of H-pyrrole nitrogens is 1. The summed E-state index contributed by atoms with van der Waals surface area (Å²) in [5.41, 5.74) is 2.22. The minimum Gasteiger partial charge on any atom is -0.364 e. The van der Waals surface area contributed by atoms with Crippen LogP contribution in [0.5, 0.6) is 0 Å². The van der Waals surface area contributed by atoms with Crippen LogP contribution in [0, 0.1) is 0 Å². The van der Waals surface area contributed by atoms with Gasteiger partial charge in [-0.25, -0.2) is 4.98 Å². The average molecular weight is 240 g/mol. The van der Waals surface area contributed by atoms with E-state index in [1.54, 1.807) is 12.3 Å². The minimum atomic E-state index is -0.124. The summed E-state index contributed by atoms with van der Waals surface area (Å²) in [4.78, 5) is 19.3. The minimum absolute atomic E-state index is 0.124. The van der Waals surface area contributed by atoms with Crippen molar-refractivity contribution in [3.8, 4) is 0 Å². The molecule has 3 aromatic rings. The summed E-state index contributed by atoms with van der Waals surface area (Å²) in [6.07, 6.45) is 7.19. The average Bonchev–Trinajstić information content (AvgIpc) is 3.05. The third-order valence-corrected chi connectivity index (χ3v) is 2.77. The molecule has 90 valence electrons. The molecule has 0 unspecified atom stereocenters. The van der Waals surface area contributed by atoms with Crippen molar-refractivity contribution >= 4 is 11.6 Å². The predicted octanol–water partition coefficient (Wildman–Crippen LogP) is 1.59. The highest BCUT2D eigenvalue weighted by atomic mass is 16.1. The molecule has 0 saturated carbocycles. The number of hydrogen-bond acceptors (Lipinski definition) is 2. The normalized spacial score (nSPS) is 10.7. The maximum atomic E-state index is 12.1. The zero-order valence-electron chi connectivity index (χ0n) is 9.63. The number of aromatic nitrogens is 3. The van der Waals surface area contributed by atoms with Crippen LogP contribution in [0.4, 0.5) is 0 Å². The van der Waals surface area contributed by atoms with Gasteiger partial charge >= 0.3 is 0 Å². The van der Waals surface area contributed by atoms with Crippen LogP contribution in [0.3, 0.4) is 0 Å². The molecule has 0 fully saturated rings. The fourth-order valence-electron chi connectivity index (χ4n) is 1.87. The van der Waals surface area contributed by atoms with Crippen LogP contribution >= 0.6 is 0 Å². The highest BCUT2D eigenvalue weighted by Crippen LogP contribution is 2.08. The van der Waals surface area contributed by atoms with Crippen LogP contribution in [0.1, 0.15) is 16.1 Å². The number of nitrogens with zero attached hydrogens (tertiary/aromatic N) is 2. The van der Waals surface area contributed by atoms with Crippen LogP contribution < -0.4 is 5.32 Å². The van der Waals surface area contributed by atoms with Crippen molar-refractivity contribution in [1.29, 1.82) is 0 Å². The molecule has 5 heteroatoms. The SMILES string of the molecule is O=C(NCc1ccc[nH]1)c1cccn2ccnc12. The molecule has 1 amide bonds.